The van der Waals surface area contributed by atoms with Crippen molar-refractivity contribution in [1.82, 2.24) is 9.55 Å². The van der Waals surface area contributed by atoms with E-state index >= 15 is 0 Å². The zero-order valence-corrected chi connectivity index (χ0v) is 12.7. The Hall–Kier alpha value is -1.95. The van der Waals surface area contributed by atoms with Gasteiger partial charge in [-0.1, -0.05) is 22.9 Å². The van der Waals surface area contributed by atoms with Gasteiger partial charge in [0.2, 0.25) is 0 Å². The molecule has 104 valence electrons. The van der Waals surface area contributed by atoms with Gasteiger partial charge in [-0.05, 0) is 37.1 Å². The first-order valence-corrected chi connectivity index (χ1v) is 6.89. The number of nitrogens with zero attached hydrogens (tertiary/aromatic N) is 1. The van der Waals surface area contributed by atoms with Crippen molar-refractivity contribution in [2.75, 3.05) is 0 Å². The highest BCUT2D eigenvalue weighted by atomic mass is 79.9. The summed E-state index contributed by atoms with van der Waals surface area (Å²) in [6, 6.07) is 5.28. The van der Waals surface area contributed by atoms with Gasteiger partial charge < -0.3 is 4.98 Å². The smallest absolute Gasteiger partial charge is 0.313 e. The SMILES string of the molecule is CCc1cc(Br)ccc1-n1c(=O)[nH]cc(C(C)=O)c1=O. The average Bonchev–Trinajstić information content (AvgIpc) is 2.39. The van der Waals surface area contributed by atoms with Crippen molar-refractivity contribution in [2.45, 2.75) is 20.3 Å². The van der Waals surface area contributed by atoms with E-state index in [0.29, 0.717) is 12.1 Å². The first kappa shape index (κ1) is 14.5. The van der Waals surface area contributed by atoms with Crippen molar-refractivity contribution < 1.29 is 4.79 Å². The molecule has 1 aromatic carbocycles. The van der Waals surface area contributed by atoms with Gasteiger partial charge in [0.05, 0.1) is 11.3 Å². The summed E-state index contributed by atoms with van der Waals surface area (Å²) < 4.78 is 1.87. The molecule has 0 aliphatic carbocycles. The number of ketones is 1. The van der Waals surface area contributed by atoms with Crippen molar-refractivity contribution in [1.29, 1.82) is 0 Å². The number of Topliss-reactive ketones (excluding diaryl/α,β-unsaturated/α-hetero) is 1. The van der Waals surface area contributed by atoms with Gasteiger partial charge >= 0.3 is 5.69 Å². The van der Waals surface area contributed by atoms with Gasteiger partial charge in [0.1, 0.15) is 0 Å². The van der Waals surface area contributed by atoms with Crippen molar-refractivity contribution in [3.05, 3.63) is 60.8 Å². The van der Waals surface area contributed by atoms with Crippen LogP contribution < -0.4 is 11.2 Å². The summed E-state index contributed by atoms with van der Waals surface area (Å²) in [5.74, 6) is -0.379. The number of halogens is 1. The minimum Gasteiger partial charge on any atom is -0.313 e. The standard InChI is InChI=1S/C14H13BrN2O3/c1-3-9-6-10(15)4-5-12(9)17-13(19)11(8(2)18)7-16-14(17)20/h4-7H,3H2,1-2H3,(H,16,20). The van der Waals surface area contributed by atoms with Crippen LogP contribution >= 0.6 is 15.9 Å². The molecule has 1 heterocycles. The van der Waals surface area contributed by atoms with Crippen LogP contribution in [0.1, 0.15) is 29.8 Å². The van der Waals surface area contributed by atoms with Gasteiger partial charge in [-0.15, -0.1) is 0 Å². The van der Waals surface area contributed by atoms with Gasteiger partial charge in [0.25, 0.3) is 5.56 Å². The van der Waals surface area contributed by atoms with Crippen LogP contribution in [0.2, 0.25) is 0 Å². The van der Waals surface area contributed by atoms with Crippen LogP contribution in [0.25, 0.3) is 5.69 Å². The normalized spacial score (nSPS) is 10.6. The fourth-order valence-corrected chi connectivity index (χ4v) is 2.41. The van der Waals surface area contributed by atoms with E-state index in [-0.39, 0.29) is 11.3 Å². The monoisotopic (exact) mass is 336 g/mol. The van der Waals surface area contributed by atoms with E-state index in [0.717, 1.165) is 20.8 Å². The Morgan fingerprint density at radius 1 is 1.35 bits per heavy atom. The number of aryl methyl sites for hydroxylation is 1. The minimum absolute atomic E-state index is 0.0328. The molecule has 0 bridgehead atoms. The molecule has 6 heteroatoms. The molecule has 0 atom stereocenters. The van der Waals surface area contributed by atoms with E-state index < -0.39 is 11.2 Å². The lowest BCUT2D eigenvalue weighted by molar-refractivity contribution is 0.101. The number of nitrogens with one attached hydrogen (secondary N) is 1. The maximum Gasteiger partial charge on any atom is 0.333 e. The predicted molar refractivity (Wildman–Crippen MR) is 79.7 cm³/mol. The lowest BCUT2D eigenvalue weighted by atomic mass is 10.1. The molecule has 0 spiro atoms. The Balaban J connectivity index is 2.83. The lowest BCUT2D eigenvalue weighted by Gasteiger charge is -2.10. The number of rotatable bonds is 3. The van der Waals surface area contributed by atoms with E-state index in [1.807, 2.05) is 13.0 Å². The van der Waals surface area contributed by atoms with Crippen LogP contribution in [0, 0.1) is 0 Å². The number of benzene rings is 1. The summed E-state index contributed by atoms with van der Waals surface area (Å²) in [5, 5.41) is 0. The topological polar surface area (TPSA) is 71.9 Å². The third-order valence-corrected chi connectivity index (χ3v) is 3.51. The first-order valence-electron chi connectivity index (χ1n) is 6.10. The van der Waals surface area contributed by atoms with Gasteiger partial charge in [-0.2, -0.15) is 0 Å². The third kappa shape index (κ3) is 2.51. The number of carbonyl (C=O) groups is 1. The molecule has 1 N–H and O–H groups in total. The van der Waals surface area contributed by atoms with Crippen molar-refractivity contribution >= 4 is 21.7 Å². The Labute approximate surface area is 123 Å². The molecule has 0 radical (unpaired) electrons. The van der Waals surface area contributed by atoms with Crippen LogP contribution in [-0.2, 0) is 6.42 Å². The molecular formula is C14H13BrN2O3. The number of aromatic amines is 1. The van der Waals surface area contributed by atoms with Gasteiger partial charge in [-0.25, -0.2) is 9.36 Å². The van der Waals surface area contributed by atoms with Gasteiger partial charge in [-0.3, -0.25) is 9.59 Å². The highest BCUT2D eigenvalue weighted by Gasteiger charge is 2.14. The molecule has 20 heavy (non-hydrogen) atoms. The summed E-state index contributed by atoms with van der Waals surface area (Å²) in [6.07, 6.45) is 1.82. The second kappa shape index (κ2) is 5.58. The van der Waals surface area contributed by atoms with E-state index in [9.17, 15) is 14.4 Å². The van der Waals surface area contributed by atoms with E-state index in [1.165, 1.54) is 6.92 Å². The molecule has 1 aromatic heterocycles. The summed E-state index contributed by atoms with van der Waals surface area (Å²) in [4.78, 5) is 38.1. The van der Waals surface area contributed by atoms with E-state index in [4.69, 9.17) is 0 Å². The molecule has 0 saturated heterocycles. The average molecular weight is 337 g/mol. The van der Waals surface area contributed by atoms with Crippen LogP contribution in [0.4, 0.5) is 0 Å². The Morgan fingerprint density at radius 2 is 2.05 bits per heavy atom. The largest absolute Gasteiger partial charge is 0.333 e. The Kier molecular flexibility index (Phi) is 4.04. The van der Waals surface area contributed by atoms with Gasteiger partial charge in [0.15, 0.2) is 5.78 Å². The fraction of sp³-hybridized carbons (Fsp3) is 0.214. The van der Waals surface area contributed by atoms with Crippen LogP contribution in [0.3, 0.4) is 0 Å². The minimum atomic E-state index is -0.599. The Morgan fingerprint density at radius 3 is 2.65 bits per heavy atom. The summed E-state index contributed by atoms with van der Waals surface area (Å²) in [5.41, 5.74) is 0.141. The second-order valence-corrected chi connectivity index (χ2v) is 5.25. The van der Waals surface area contributed by atoms with Crippen molar-refractivity contribution in [3.8, 4) is 5.69 Å². The van der Waals surface area contributed by atoms with E-state index in [1.54, 1.807) is 12.1 Å². The second-order valence-electron chi connectivity index (χ2n) is 4.33. The molecule has 2 rings (SSSR count). The molecule has 0 unspecified atom stereocenters. The van der Waals surface area contributed by atoms with Crippen LogP contribution in [0.15, 0.2) is 38.5 Å². The molecule has 5 nitrogen and oxygen atoms in total. The summed E-state index contributed by atoms with van der Waals surface area (Å²) in [7, 11) is 0. The third-order valence-electron chi connectivity index (χ3n) is 3.02. The maximum atomic E-state index is 12.3. The zero-order valence-electron chi connectivity index (χ0n) is 11.1. The summed E-state index contributed by atoms with van der Waals surface area (Å²) in [6.45, 7) is 3.22. The highest BCUT2D eigenvalue weighted by molar-refractivity contribution is 9.10. The molecule has 0 aliphatic heterocycles. The quantitative estimate of drug-likeness (QED) is 0.872. The number of hydrogen-bond acceptors (Lipinski definition) is 3. The number of H-pyrrole nitrogens is 1. The summed E-state index contributed by atoms with van der Waals surface area (Å²) >= 11 is 3.36. The molecule has 0 amide bonds. The predicted octanol–water partition coefficient (Wildman–Crippen LogP) is 2.05. The molecule has 2 aromatic rings. The maximum absolute atomic E-state index is 12.3. The first-order chi connectivity index (χ1) is 9.45. The number of hydrogen-bond donors (Lipinski definition) is 1. The van der Waals surface area contributed by atoms with Crippen molar-refractivity contribution in [3.63, 3.8) is 0 Å². The molecule has 0 fully saturated rings. The number of carbonyl (C=O) groups excluding carboxylic acids is 1. The molecule has 0 saturated carbocycles. The van der Waals surface area contributed by atoms with Gasteiger partial charge in [0, 0.05) is 10.7 Å². The molecule has 0 aliphatic rings. The van der Waals surface area contributed by atoms with Crippen molar-refractivity contribution in [2.24, 2.45) is 0 Å². The lowest BCUT2D eigenvalue weighted by Crippen LogP contribution is -2.37. The van der Waals surface area contributed by atoms with Crippen LogP contribution in [-0.4, -0.2) is 15.3 Å². The fourth-order valence-electron chi connectivity index (χ4n) is 2.00. The molecular weight excluding hydrogens is 324 g/mol. The van der Waals surface area contributed by atoms with E-state index in [2.05, 4.69) is 20.9 Å². The zero-order chi connectivity index (χ0) is 14.9. The Bertz CT molecular complexity index is 790. The highest BCUT2D eigenvalue weighted by Crippen LogP contribution is 2.18. The van der Waals surface area contributed by atoms with Crippen LogP contribution in [0.5, 0.6) is 0 Å². The number of aromatic nitrogens is 2.